The molecular weight excluding hydrogens is 342 g/mol. The maximum absolute atomic E-state index is 12.5. The zero-order chi connectivity index (χ0) is 18.0. The van der Waals surface area contributed by atoms with Crippen LogP contribution in [0.5, 0.6) is 0 Å². The number of rotatable bonds is 4. The predicted octanol–water partition coefficient (Wildman–Crippen LogP) is 2.88. The molecule has 6 nitrogen and oxygen atoms in total. The fourth-order valence-electron chi connectivity index (χ4n) is 2.62. The Balaban J connectivity index is 1.70. The average Bonchev–Trinajstić information content (AvgIpc) is 2.88. The van der Waals surface area contributed by atoms with E-state index >= 15 is 0 Å². The molecule has 1 heterocycles. The number of hydrogen-bond donors (Lipinski definition) is 2. The molecule has 0 aromatic heterocycles. The van der Waals surface area contributed by atoms with Gasteiger partial charge in [-0.3, -0.25) is 14.5 Å². The number of nitrogens with one attached hydrogen (secondary N) is 2. The van der Waals surface area contributed by atoms with Crippen LogP contribution in [0.1, 0.15) is 17.2 Å². The minimum Gasteiger partial charge on any atom is -0.324 e. The number of carbonyl (C=O) groups is 3. The van der Waals surface area contributed by atoms with Gasteiger partial charge in [0.1, 0.15) is 12.6 Å². The third-order valence-corrected chi connectivity index (χ3v) is 4.41. The summed E-state index contributed by atoms with van der Waals surface area (Å²) < 4.78 is 0. The summed E-state index contributed by atoms with van der Waals surface area (Å²) in [5, 5.41) is 5.80. The Morgan fingerprint density at radius 2 is 1.88 bits per heavy atom. The van der Waals surface area contributed by atoms with Gasteiger partial charge in [0.15, 0.2) is 0 Å². The van der Waals surface area contributed by atoms with E-state index in [2.05, 4.69) is 10.6 Å². The van der Waals surface area contributed by atoms with Gasteiger partial charge in [0, 0.05) is 10.7 Å². The summed E-state index contributed by atoms with van der Waals surface area (Å²) in [4.78, 5) is 37.7. The molecule has 2 aromatic carbocycles. The van der Waals surface area contributed by atoms with Crippen molar-refractivity contribution in [1.29, 1.82) is 0 Å². The molecule has 25 heavy (non-hydrogen) atoms. The first-order chi connectivity index (χ1) is 12.0. The van der Waals surface area contributed by atoms with Crippen LogP contribution in [-0.2, 0) is 9.59 Å². The first kappa shape index (κ1) is 17.0. The summed E-state index contributed by atoms with van der Waals surface area (Å²) in [7, 11) is 0. The molecule has 128 valence electrons. The zero-order valence-corrected chi connectivity index (χ0v) is 14.2. The van der Waals surface area contributed by atoms with Crippen molar-refractivity contribution in [2.24, 2.45) is 0 Å². The smallest absolute Gasteiger partial charge is 0.324 e. The molecule has 7 heteroatoms. The molecule has 0 aliphatic carbocycles. The number of anilines is 1. The van der Waals surface area contributed by atoms with Crippen molar-refractivity contribution in [2.45, 2.75) is 13.0 Å². The van der Waals surface area contributed by atoms with Gasteiger partial charge in [-0.2, -0.15) is 0 Å². The van der Waals surface area contributed by atoms with Crippen LogP contribution in [0.2, 0.25) is 5.02 Å². The van der Waals surface area contributed by atoms with Crippen LogP contribution < -0.4 is 10.6 Å². The molecule has 1 aliphatic rings. The van der Waals surface area contributed by atoms with E-state index in [1.54, 1.807) is 49.4 Å². The Morgan fingerprint density at radius 3 is 2.60 bits per heavy atom. The fourth-order valence-corrected chi connectivity index (χ4v) is 2.79. The van der Waals surface area contributed by atoms with Crippen molar-refractivity contribution in [3.05, 3.63) is 64.7 Å². The van der Waals surface area contributed by atoms with Crippen molar-refractivity contribution in [2.75, 3.05) is 11.9 Å². The normalized spacial score (nSPS) is 16.7. The lowest BCUT2D eigenvalue weighted by Gasteiger charge is -2.14. The Kier molecular flexibility index (Phi) is 4.72. The molecular formula is C18H16ClN3O3. The lowest BCUT2D eigenvalue weighted by molar-refractivity contribution is -0.130. The summed E-state index contributed by atoms with van der Waals surface area (Å²) >= 11 is 6.02. The quantitative estimate of drug-likeness (QED) is 0.826. The molecule has 1 unspecified atom stereocenters. The number of amides is 4. The maximum Gasteiger partial charge on any atom is 0.325 e. The monoisotopic (exact) mass is 357 g/mol. The van der Waals surface area contributed by atoms with E-state index in [0.29, 0.717) is 16.3 Å². The Morgan fingerprint density at radius 1 is 1.16 bits per heavy atom. The molecule has 1 saturated heterocycles. The van der Waals surface area contributed by atoms with E-state index in [4.69, 9.17) is 11.6 Å². The summed E-state index contributed by atoms with van der Waals surface area (Å²) in [5.74, 6) is -0.920. The van der Waals surface area contributed by atoms with Crippen molar-refractivity contribution in [3.63, 3.8) is 0 Å². The van der Waals surface area contributed by atoms with Crippen LogP contribution in [0.25, 0.3) is 0 Å². The zero-order valence-electron chi connectivity index (χ0n) is 13.5. The number of imide groups is 1. The fraction of sp³-hybridized carbons (Fsp3) is 0.167. The van der Waals surface area contributed by atoms with Gasteiger partial charge in [-0.15, -0.1) is 0 Å². The van der Waals surface area contributed by atoms with E-state index in [1.165, 1.54) is 0 Å². The molecule has 0 bridgehead atoms. The minimum atomic E-state index is -0.769. The lowest BCUT2D eigenvalue weighted by atomic mass is 10.1. The molecule has 1 fully saturated rings. The number of carbonyl (C=O) groups excluding carboxylic acids is 3. The first-order valence-corrected chi connectivity index (χ1v) is 8.07. The van der Waals surface area contributed by atoms with Gasteiger partial charge >= 0.3 is 6.03 Å². The van der Waals surface area contributed by atoms with Gasteiger partial charge in [0.25, 0.3) is 5.91 Å². The molecule has 2 N–H and O–H groups in total. The van der Waals surface area contributed by atoms with E-state index < -0.39 is 23.9 Å². The van der Waals surface area contributed by atoms with E-state index in [0.717, 1.165) is 10.5 Å². The average molecular weight is 358 g/mol. The molecule has 0 radical (unpaired) electrons. The van der Waals surface area contributed by atoms with Crippen molar-refractivity contribution in [3.8, 4) is 0 Å². The van der Waals surface area contributed by atoms with Gasteiger partial charge in [-0.05, 0) is 30.2 Å². The highest BCUT2D eigenvalue weighted by atomic mass is 35.5. The van der Waals surface area contributed by atoms with E-state index in [-0.39, 0.29) is 6.54 Å². The minimum absolute atomic E-state index is 0.361. The van der Waals surface area contributed by atoms with Crippen LogP contribution in [0.15, 0.2) is 48.5 Å². The van der Waals surface area contributed by atoms with Crippen molar-refractivity contribution >= 4 is 35.1 Å². The van der Waals surface area contributed by atoms with Gasteiger partial charge in [0.2, 0.25) is 5.91 Å². The van der Waals surface area contributed by atoms with Crippen molar-refractivity contribution in [1.82, 2.24) is 10.2 Å². The predicted molar refractivity (Wildman–Crippen MR) is 94.2 cm³/mol. The number of halogens is 1. The Hall–Kier alpha value is -2.86. The highest BCUT2D eigenvalue weighted by Gasteiger charge is 2.39. The maximum atomic E-state index is 12.5. The molecule has 1 atom stereocenters. The van der Waals surface area contributed by atoms with Gasteiger partial charge in [-0.1, -0.05) is 48.0 Å². The largest absolute Gasteiger partial charge is 0.325 e. The molecule has 1 aliphatic heterocycles. The second-order valence-corrected chi connectivity index (χ2v) is 6.09. The molecule has 0 spiro atoms. The molecule has 0 saturated carbocycles. The number of hydrogen-bond acceptors (Lipinski definition) is 3. The summed E-state index contributed by atoms with van der Waals surface area (Å²) in [6, 6.07) is 12.7. The third kappa shape index (κ3) is 3.49. The summed E-state index contributed by atoms with van der Waals surface area (Å²) in [5.41, 5.74) is 1.94. The van der Waals surface area contributed by atoms with Gasteiger partial charge in [-0.25, -0.2) is 4.79 Å². The summed E-state index contributed by atoms with van der Waals surface area (Å²) in [6.45, 7) is 1.41. The van der Waals surface area contributed by atoms with Crippen molar-refractivity contribution < 1.29 is 14.4 Å². The second kappa shape index (κ2) is 6.94. The standard InChI is InChI=1S/C18H16ClN3O3/c1-11-13(19)8-5-9-14(11)20-15(23)10-22-17(24)16(21-18(22)25)12-6-3-2-4-7-12/h2-9,16H,10H2,1H3,(H,20,23)(H,21,25). The molecule has 2 aromatic rings. The number of nitrogens with zero attached hydrogens (tertiary/aromatic N) is 1. The Labute approximate surface area is 149 Å². The molecule has 3 rings (SSSR count). The Bertz CT molecular complexity index is 839. The van der Waals surface area contributed by atoms with Crippen LogP contribution in [0.4, 0.5) is 10.5 Å². The summed E-state index contributed by atoms with van der Waals surface area (Å²) in [6.07, 6.45) is 0. The highest BCUT2D eigenvalue weighted by molar-refractivity contribution is 6.31. The van der Waals surface area contributed by atoms with E-state index in [9.17, 15) is 14.4 Å². The van der Waals surface area contributed by atoms with Crippen LogP contribution >= 0.6 is 11.6 Å². The van der Waals surface area contributed by atoms with Gasteiger partial charge in [0.05, 0.1) is 0 Å². The highest BCUT2D eigenvalue weighted by Crippen LogP contribution is 2.24. The topological polar surface area (TPSA) is 78.5 Å². The van der Waals surface area contributed by atoms with Gasteiger partial charge < -0.3 is 10.6 Å². The SMILES string of the molecule is Cc1c(Cl)cccc1NC(=O)CN1C(=O)NC(c2ccccc2)C1=O. The lowest BCUT2D eigenvalue weighted by Crippen LogP contribution is -2.38. The number of urea groups is 1. The van der Waals surface area contributed by atoms with Crippen LogP contribution in [0, 0.1) is 6.92 Å². The second-order valence-electron chi connectivity index (χ2n) is 5.68. The van der Waals surface area contributed by atoms with Crippen LogP contribution in [-0.4, -0.2) is 29.3 Å². The van der Waals surface area contributed by atoms with Crippen LogP contribution in [0.3, 0.4) is 0 Å². The first-order valence-electron chi connectivity index (χ1n) is 7.69. The molecule has 4 amide bonds. The number of benzene rings is 2. The van der Waals surface area contributed by atoms with E-state index in [1.807, 2.05) is 6.07 Å². The third-order valence-electron chi connectivity index (χ3n) is 4.00.